The fourth-order valence-corrected chi connectivity index (χ4v) is 2.95. The predicted octanol–water partition coefficient (Wildman–Crippen LogP) is 3.31. The van der Waals surface area contributed by atoms with Gasteiger partial charge in [-0.25, -0.2) is 9.97 Å². The maximum absolute atomic E-state index is 5.98. The van der Waals surface area contributed by atoms with Crippen molar-refractivity contribution in [2.45, 2.75) is 10.8 Å². The Labute approximate surface area is 119 Å². The third-order valence-electron chi connectivity index (χ3n) is 2.76. The smallest absolute Gasteiger partial charge is 0.162 e. The fraction of sp³-hybridized carbons (Fsp3) is 0.154. The van der Waals surface area contributed by atoms with E-state index in [4.69, 9.17) is 11.6 Å². The van der Waals surface area contributed by atoms with E-state index in [0.717, 1.165) is 26.8 Å². The second-order valence-corrected chi connectivity index (χ2v) is 5.50. The first kappa shape index (κ1) is 12.4. The summed E-state index contributed by atoms with van der Waals surface area (Å²) < 4.78 is 1.75. The molecule has 0 saturated carbocycles. The Balaban J connectivity index is 1.86. The monoisotopic (exact) mass is 290 g/mol. The summed E-state index contributed by atoms with van der Waals surface area (Å²) in [6.45, 7) is 0. The van der Waals surface area contributed by atoms with Crippen molar-refractivity contribution < 1.29 is 0 Å². The van der Waals surface area contributed by atoms with Crippen LogP contribution in [0.15, 0.2) is 41.8 Å². The van der Waals surface area contributed by atoms with Crippen molar-refractivity contribution >= 4 is 34.4 Å². The first-order chi connectivity index (χ1) is 9.24. The van der Waals surface area contributed by atoms with Gasteiger partial charge in [0.2, 0.25) is 0 Å². The van der Waals surface area contributed by atoms with Crippen molar-refractivity contribution in [1.29, 1.82) is 0 Å². The van der Waals surface area contributed by atoms with E-state index in [0.29, 0.717) is 0 Å². The predicted molar refractivity (Wildman–Crippen MR) is 77.3 cm³/mol. The van der Waals surface area contributed by atoms with Gasteiger partial charge in [0.1, 0.15) is 11.4 Å². The SMILES string of the molecule is Cn1ncc2c(SCc3cccc(Cl)c3)ncnc21. The van der Waals surface area contributed by atoms with Crippen LogP contribution < -0.4 is 0 Å². The van der Waals surface area contributed by atoms with E-state index < -0.39 is 0 Å². The minimum atomic E-state index is 0.757. The Bertz CT molecular complexity index is 725. The summed E-state index contributed by atoms with van der Waals surface area (Å²) in [6.07, 6.45) is 3.37. The van der Waals surface area contributed by atoms with Crippen LogP contribution in [0.1, 0.15) is 5.56 Å². The van der Waals surface area contributed by atoms with E-state index in [2.05, 4.69) is 21.1 Å². The topological polar surface area (TPSA) is 43.6 Å². The number of halogens is 1. The first-order valence-electron chi connectivity index (χ1n) is 5.74. The van der Waals surface area contributed by atoms with Gasteiger partial charge in [0, 0.05) is 17.8 Å². The highest BCUT2D eigenvalue weighted by molar-refractivity contribution is 7.98. The minimum absolute atomic E-state index is 0.757. The van der Waals surface area contributed by atoms with Gasteiger partial charge in [-0.05, 0) is 17.7 Å². The normalized spacial score (nSPS) is 11.1. The molecule has 4 nitrogen and oxygen atoms in total. The summed E-state index contributed by atoms with van der Waals surface area (Å²) in [5.74, 6) is 0.821. The van der Waals surface area contributed by atoms with Gasteiger partial charge in [-0.2, -0.15) is 5.10 Å². The molecule has 0 bridgehead atoms. The zero-order valence-corrected chi connectivity index (χ0v) is 11.8. The van der Waals surface area contributed by atoms with Crippen LogP contribution in [-0.4, -0.2) is 19.7 Å². The lowest BCUT2D eigenvalue weighted by atomic mass is 10.2. The third-order valence-corrected chi connectivity index (χ3v) is 4.07. The second kappa shape index (κ2) is 5.19. The Hall–Kier alpha value is -1.59. The number of aryl methyl sites for hydroxylation is 1. The maximum Gasteiger partial charge on any atom is 0.162 e. The molecule has 0 aliphatic heterocycles. The minimum Gasteiger partial charge on any atom is -0.250 e. The molecule has 96 valence electrons. The van der Waals surface area contributed by atoms with Crippen LogP contribution in [0.4, 0.5) is 0 Å². The molecule has 1 aromatic carbocycles. The molecule has 19 heavy (non-hydrogen) atoms. The van der Waals surface area contributed by atoms with Crippen molar-refractivity contribution in [2.75, 3.05) is 0 Å². The van der Waals surface area contributed by atoms with Crippen LogP contribution >= 0.6 is 23.4 Å². The second-order valence-electron chi connectivity index (χ2n) is 4.10. The van der Waals surface area contributed by atoms with Crippen molar-refractivity contribution in [3.8, 4) is 0 Å². The Morgan fingerprint density at radius 2 is 2.21 bits per heavy atom. The number of fused-ring (bicyclic) bond motifs is 1. The summed E-state index contributed by atoms with van der Waals surface area (Å²) in [6, 6.07) is 7.86. The molecule has 3 rings (SSSR count). The molecule has 0 amide bonds. The molecule has 6 heteroatoms. The molecule has 0 saturated heterocycles. The van der Waals surface area contributed by atoms with Gasteiger partial charge in [-0.15, -0.1) is 11.8 Å². The molecule has 3 aromatic rings. The highest BCUT2D eigenvalue weighted by atomic mass is 35.5. The number of nitrogens with zero attached hydrogens (tertiary/aromatic N) is 4. The molecule has 0 aliphatic carbocycles. The Morgan fingerprint density at radius 1 is 1.32 bits per heavy atom. The summed E-state index contributed by atoms with van der Waals surface area (Å²) in [5, 5.41) is 6.89. The van der Waals surface area contributed by atoms with Crippen molar-refractivity contribution in [1.82, 2.24) is 19.7 Å². The van der Waals surface area contributed by atoms with Gasteiger partial charge in [0.25, 0.3) is 0 Å². The number of hydrogen-bond acceptors (Lipinski definition) is 4. The zero-order valence-electron chi connectivity index (χ0n) is 10.2. The van der Waals surface area contributed by atoms with E-state index in [1.165, 1.54) is 5.56 Å². The van der Waals surface area contributed by atoms with Crippen LogP contribution in [0.3, 0.4) is 0 Å². The zero-order chi connectivity index (χ0) is 13.2. The van der Waals surface area contributed by atoms with Crippen molar-refractivity contribution in [3.05, 3.63) is 47.4 Å². The Kier molecular flexibility index (Phi) is 3.40. The number of benzene rings is 1. The lowest BCUT2D eigenvalue weighted by Gasteiger charge is -2.03. The molecule has 0 aliphatic rings. The number of rotatable bonds is 3. The molecule has 2 heterocycles. The molecule has 0 spiro atoms. The van der Waals surface area contributed by atoms with Crippen LogP contribution in [0.5, 0.6) is 0 Å². The van der Waals surface area contributed by atoms with Crippen LogP contribution in [0, 0.1) is 0 Å². The molecule has 0 N–H and O–H groups in total. The van der Waals surface area contributed by atoms with E-state index in [1.807, 2.05) is 25.2 Å². The lowest BCUT2D eigenvalue weighted by Crippen LogP contribution is -1.92. The van der Waals surface area contributed by atoms with Gasteiger partial charge in [0.05, 0.1) is 11.6 Å². The van der Waals surface area contributed by atoms with Crippen molar-refractivity contribution in [2.24, 2.45) is 7.05 Å². The number of thioether (sulfide) groups is 1. The van der Waals surface area contributed by atoms with E-state index in [1.54, 1.807) is 29.0 Å². The third kappa shape index (κ3) is 2.57. The maximum atomic E-state index is 5.98. The molecule has 0 fully saturated rings. The van der Waals surface area contributed by atoms with Gasteiger partial charge in [-0.1, -0.05) is 23.7 Å². The largest absolute Gasteiger partial charge is 0.250 e. The summed E-state index contributed by atoms with van der Waals surface area (Å²) >= 11 is 7.64. The molecule has 0 radical (unpaired) electrons. The van der Waals surface area contributed by atoms with Crippen LogP contribution in [0.25, 0.3) is 11.0 Å². The van der Waals surface area contributed by atoms with E-state index in [9.17, 15) is 0 Å². The summed E-state index contributed by atoms with van der Waals surface area (Å²) in [4.78, 5) is 8.55. The highest BCUT2D eigenvalue weighted by Gasteiger charge is 2.08. The van der Waals surface area contributed by atoms with Gasteiger partial charge >= 0.3 is 0 Å². The van der Waals surface area contributed by atoms with E-state index in [-0.39, 0.29) is 0 Å². The van der Waals surface area contributed by atoms with Gasteiger partial charge in [0.15, 0.2) is 5.65 Å². The fourth-order valence-electron chi connectivity index (χ4n) is 1.83. The number of aromatic nitrogens is 4. The number of hydrogen-bond donors (Lipinski definition) is 0. The quantitative estimate of drug-likeness (QED) is 0.548. The summed E-state index contributed by atoms with van der Waals surface area (Å²) in [5.41, 5.74) is 2.02. The molecular weight excluding hydrogens is 280 g/mol. The molecular formula is C13H11ClN4S. The Morgan fingerprint density at radius 3 is 3.05 bits per heavy atom. The molecule has 0 unspecified atom stereocenters. The molecule has 0 atom stereocenters. The van der Waals surface area contributed by atoms with Crippen molar-refractivity contribution in [3.63, 3.8) is 0 Å². The van der Waals surface area contributed by atoms with Crippen LogP contribution in [0.2, 0.25) is 5.02 Å². The van der Waals surface area contributed by atoms with Gasteiger partial charge < -0.3 is 0 Å². The average Bonchev–Trinajstić information content (AvgIpc) is 2.79. The highest BCUT2D eigenvalue weighted by Crippen LogP contribution is 2.27. The average molecular weight is 291 g/mol. The first-order valence-corrected chi connectivity index (χ1v) is 7.10. The lowest BCUT2D eigenvalue weighted by molar-refractivity contribution is 0.784. The van der Waals surface area contributed by atoms with Crippen LogP contribution in [-0.2, 0) is 12.8 Å². The standard InChI is InChI=1S/C13H11ClN4S/c1-18-12-11(6-17-18)13(16-8-15-12)19-7-9-3-2-4-10(14)5-9/h2-6,8H,7H2,1H3. The molecule has 2 aromatic heterocycles. The van der Waals surface area contributed by atoms with E-state index >= 15 is 0 Å². The van der Waals surface area contributed by atoms with Gasteiger partial charge in [-0.3, -0.25) is 4.68 Å². The summed E-state index contributed by atoms with van der Waals surface area (Å²) in [7, 11) is 1.88.